The minimum absolute atomic E-state index is 0.0999. The first-order chi connectivity index (χ1) is 10.9. The number of ether oxygens (including phenoxy) is 1. The molecule has 1 saturated heterocycles. The van der Waals surface area contributed by atoms with E-state index in [1.54, 1.807) is 6.07 Å². The molecule has 3 heterocycles. The Bertz CT molecular complexity index is 716. The van der Waals surface area contributed by atoms with Crippen LogP contribution in [0.1, 0.15) is 46.4 Å². The summed E-state index contributed by atoms with van der Waals surface area (Å²) in [5.74, 6) is -0.559. The molecule has 3 N–H and O–H groups in total. The number of halogens is 3. The van der Waals surface area contributed by atoms with E-state index in [0.717, 1.165) is 12.8 Å². The van der Waals surface area contributed by atoms with Gasteiger partial charge >= 0.3 is 6.18 Å². The van der Waals surface area contributed by atoms with E-state index in [1.165, 1.54) is 6.92 Å². The number of anilines is 1. The molecular weight excluding hydrogens is 315 g/mol. The van der Waals surface area contributed by atoms with Crippen molar-refractivity contribution in [2.45, 2.75) is 32.0 Å². The van der Waals surface area contributed by atoms with Crippen LogP contribution in [0.2, 0.25) is 0 Å². The Kier molecular flexibility index (Phi) is 3.84. The van der Waals surface area contributed by atoms with Crippen molar-refractivity contribution in [3.8, 4) is 0 Å². The van der Waals surface area contributed by atoms with Crippen molar-refractivity contribution in [3.63, 3.8) is 0 Å². The second-order valence-corrected chi connectivity index (χ2v) is 5.23. The van der Waals surface area contributed by atoms with Crippen LogP contribution in [-0.2, 0) is 10.9 Å². The Hall–Kier alpha value is -2.36. The van der Waals surface area contributed by atoms with Crippen LogP contribution >= 0.6 is 0 Å². The van der Waals surface area contributed by atoms with E-state index in [0.29, 0.717) is 12.3 Å². The maximum absolute atomic E-state index is 12.7. The normalized spacial score (nSPS) is 18.3. The number of alkyl halides is 3. The second kappa shape index (κ2) is 5.69. The molecule has 0 aliphatic carbocycles. The van der Waals surface area contributed by atoms with E-state index < -0.39 is 17.8 Å². The highest BCUT2D eigenvalue weighted by atomic mass is 19.4. The summed E-state index contributed by atoms with van der Waals surface area (Å²) in [4.78, 5) is 12.1. The van der Waals surface area contributed by atoms with Gasteiger partial charge in [-0.25, -0.2) is 0 Å². The lowest BCUT2D eigenvalue weighted by atomic mass is 10.2. The first kappa shape index (κ1) is 15.5. The summed E-state index contributed by atoms with van der Waals surface area (Å²) in [5.41, 5.74) is -0.902. The minimum Gasteiger partial charge on any atom is -0.372 e. The summed E-state index contributed by atoms with van der Waals surface area (Å²) in [6.45, 7) is 1.85. The zero-order valence-corrected chi connectivity index (χ0v) is 12.1. The lowest BCUT2D eigenvalue weighted by molar-refractivity contribution is -0.141. The van der Waals surface area contributed by atoms with E-state index >= 15 is 0 Å². The maximum atomic E-state index is 12.7. The zero-order valence-electron chi connectivity index (χ0n) is 12.1. The number of aromatic amines is 2. The first-order valence-electron chi connectivity index (χ1n) is 6.96. The summed E-state index contributed by atoms with van der Waals surface area (Å²) in [5, 5.41) is 14.4. The van der Waals surface area contributed by atoms with Crippen molar-refractivity contribution >= 4 is 11.7 Å². The van der Waals surface area contributed by atoms with Crippen molar-refractivity contribution < 1.29 is 22.7 Å². The molecule has 0 bridgehead atoms. The number of carbonyl (C=O) groups is 1. The summed E-state index contributed by atoms with van der Waals surface area (Å²) in [6, 6.07) is 1.60. The Morgan fingerprint density at radius 2 is 2.17 bits per heavy atom. The van der Waals surface area contributed by atoms with Gasteiger partial charge in [-0.3, -0.25) is 15.0 Å². The van der Waals surface area contributed by atoms with Gasteiger partial charge < -0.3 is 10.1 Å². The van der Waals surface area contributed by atoms with E-state index in [1.807, 2.05) is 5.10 Å². The highest BCUT2D eigenvalue weighted by molar-refractivity contribution is 6.03. The fourth-order valence-electron chi connectivity index (χ4n) is 2.46. The SMILES string of the molecule is Cc1c(C(=O)Nc2cc(C3CCCO3)[nH]n2)n[nH]c1C(F)(F)F. The van der Waals surface area contributed by atoms with Crippen LogP contribution in [0.15, 0.2) is 6.07 Å². The summed E-state index contributed by atoms with van der Waals surface area (Å²) < 4.78 is 43.6. The molecule has 0 radical (unpaired) electrons. The smallest absolute Gasteiger partial charge is 0.372 e. The molecule has 0 spiro atoms. The molecule has 2 aromatic rings. The number of carbonyl (C=O) groups excluding carboxylic acids is 1. The van der Waals surface area contributed by atoms with Gasteiger partial charge in [-0.05, 0) is 19.8 Å². The minimum atomic E-state index is -4.59. The number of nitrogens with zero attached hydrogens (tertiary/aromatic N) is 2. The number of aromatic nitrogens is 4. The number of H-pyrrole nitrogens is 2. The third-order valence-electron chi connectivity index (χ3n) is 3.62. The molecule has 1 atom stereocenters. The molecule has 1 unspecified atom stereocenters. The topological polar surface area (TPSA) is 95.7 Å². The molecule has 10 heteroatoms. The van der Waals surface area contributed by atoms with Crippen LogP contribution in [0.25, 0.3) is 0 Å². The maximum Gasteiger partial charge on any atom is 0.433 e. The molecule has 1 fully saturated rings. The predicted molar refractivity (Wildman–Crippen MR) is 72.8 cm³/mol. The molecule has 1 aliphatic heterocycles. The van der Waals surface area contributed by atoms with Crippen LogP contribution in [-0.4, -0.2) is 32.9 Å². The van der Waals surface area contributed by atoms with Crippen molar-refractivity contribution in [2.24, 2.45) is 0 Å². The Morgan fingerprint density at radius 1 is 1.39 bits per heavy atom. The summed E-state index contributed by atoms with van der Waals surface area (Å²) in [6.07, 6.45) is -2.90. The van der Waals surface area contributed by atoms with E-state index in [-0.39, 0.29) is 23.2 Å². The zero-order chi connectivity index (χ0) is 16.6. The van der Waals surface area contributed by atoms with Crippen molar-refractivity contribution in [2.75, 3.05) is 11.9 Å². The monoisotopic (exact) mass is 329 g/mol. The average molecular weight is 329 g/mol. The van der Waals surface area contributed by atoms with Crippen molar-refractivity contribution in [1.82, 2.24) is 20.4 Å². The molecule has 3 rings (SSSR count). The van der Waals surface area contributed by atoms with Gasteiger partial charge in [0, 0.05) is 18.2 Å². The van der Waals surface area contributed by atoms with Gasteiger partial charge in [0.25, 0.3) is 5.91 Å². The largest absolute Gasteiger partial charge is 0.433 e. The highest BCUT2D eigenvalue weighted by Gasteiger charge is 2.37. The lowest BCUT2D eigenvalue weighted by Gasteiger charge is -2.05. The predicted octanol–water partition coefficient (Wildman–Crippen LogP) is 2.56. The molecular formula is C13H14F3N5O2. The molecule has 1 aliphatic rings. The fraction of sp³-hybridized carbons (Fsp3) is 0.462. The molecule has 2 aromatic heterocycles. The van der Waals surface area contributed by atoms with Crippen LogP contribution in [0, 0.1) is 6.92 Å². The number of hydrogen-bond donors (Lipinski definition) is 3. The Labute approximate surface area is 128 Å². The molecule has 1 amide bonds. The van der Waals surface area contributed by atoms with Crippen LogP contribution < -0.4 is 5.32 Å². The van der Waals surface area contributed by atoms with Gasteiger partial charge in [-0.2, -0.15) is 23.4 Å². The quantitative estimate of drug-likeness (QED) is 0.806. The standard InChI is InChI=1S/C13H14F3N5O2/c1-6-10(20-21-11(6)13(14,15)16)12(22)17-9-5-7(18-19-9)8-3-2-4-23-8/h5,8H,2-4H2,1H3,(H,20,21)(H2,17,18,19,22). The third kappa shape index (κ3) is 3.07. The third-order valence-corrected chi connectivity index (χ3v) is 3.62. The van der Waals surface area contributed by atoms with Crippen molar-refractivity contribution in [1.29, 1.82) is 0 Å². The van der Waals surface area contributed by atoms with Gasteiger partial charge in [-0.1, -0.05) is 0 Å². The molecule has 23 heavy (non-hydrogen) atoms. The van der Waals surface area contributed by atoms with Crippen molar-refractivity contribution in [3.05, 3.63) is 28.7 Å². The fourth-order valence-corrected chi connectivity index (χ4v) is 2.46. The molecule has 0 saturated carbocycles. The highest BCUT2D eigenvalue weighted by Crippen LogP contribution is 2.31. The number of hydrogen-bond acceptors (Lipinski definition) is 4. The van der Waals surface area contributed by atoms with Gasteiger partial charge in [0.15, 0.2) is 11.5 Å². The number of nitrogens with one attached hydrogen (secondary N) is 3. The van der Waals surface area contributed by atoms with E-state index in [2.05, 4.69) is 20.6 Å². The Morgan fingerprint density at radius 3 is 2.78 bits per heavy atom. The summed E-state index contributed by atoms with van der Waals surface area (Å²) >= 11 is 0. The van der Waals surface area contributed by atoms with E-state index in [9.17, 15) is 18.0 Å². The molecule has 0 aromatic carbocycles. The summed E-state index contributed by atoms with van der Waals surface area (Å²) in [7, 11) is 0. The second-order valence-electron chi connectivity index (χ2n) is 5.23. The molecule has 124 valence electrons. The lowest BCUT2D eigenvalue weighted by Crippen LogP contribution is -2.14. The number of rotatable bonds is 3. The van der Waals surface area contributed by atoms with E-state index in [4.69, 9.17) is 4.74 Å². The van der Waals surface area contributed by atoms with Gasteiger partial charge in [0.05, 0.1) is 11.8 Å². The van der Waals surface area contributed by atoms with Crippen LogP contribution in [0.4, 0.5) is 19.0 Å². The molecule has 7 nitrogen and oxygen atoms in total. The van der Waals surface area contributed by atoms with Crippen LogP contribution in [0.5, 0.6) is 0 Å². The average Bonchev–Trinajstić information content (AvgIpc) is 3.15. The first-order valence-corrected chi connectivity index (χ1v) is 6.96. The Balaban J connectivity index is 1.73. The van der Waals surface area contributed by atoms with Crippen LogP contribution in [0.3, 0.4) is 0 Å². The van der Waals surface area contributed by atoms with Gasteiger partial charge in [-0.15, -0.1) is 0 Å². The van der Waals surface area contributed by atoms with Gasteiger partial charge in [0.2, 0.25) is 0 Å². The van der Waals surface area contributed by atoms with Gasteiger partial charge in [0.1, 0.15) is 5.69 Å². The number of amides is 1.